The third-order valence-electron chi connectivity index (χ3n) is 2.44. The minimum absolute atomic E-state index is 0.0917. The fourth-order valence-electron chi connectivity index (χ4n) is 1.57. The van der Waals surface area contributed by atoms with Crippen LogP contribution in [0.1, 0.15) is 16.9 Å². The molecule has 8 heteroatoms. The average molecular weight is 263 g/mol. The maximum absolute atomic E-state index is 12.0. The first kappa shape index (κ1) is 12.8. The lowest BCUT2D eigenvalue weighted by molar-refractivity contribution is -0.137. The number of hydrogen-bond donors (Lipinski definition) is 2. The van der Waals surface area contributed by atoms with Crippen LogP contribution in [0.5, 0.6) is 0 Å². The highest BCUT2D eigenvalue weighted by Gasteiger charge is 2.13. The molecule has 0 atom stereocenters. The molecule has 0 bridgehead atoms. The molecule has 0 saturated heterocycles. The second-order valence-corrected chi connectivity index (χ2v) is 3.91. The highest BCUT2D eigenvalue weighted by molar-refractivity contribution is 6.02. The van der Waals surface area contributed by atoms with Crippen molar-refractivity contribution >= 4 is 17.7 Å². The highest BCUT2D eigenvalue weighted by atomic mass is 16.4. The van der Waals surface area contributed by atoms with E-state index >= 15 is 0 Å². The van der Waals surface area contributed by atoms with Crippen LogP contribution in [0.2, 0.25) is 0 Å². The molecule has 2 aromatic heterocycles. The van der Waals surface area contributed by atoms with Gasteiger partial charge in [-0.25, -0.2) is 0 Å². The molecule has 0 aromatic carbocycles. The summed E-state index contributed by atoms with van der Waals surface area (Å²) < 4.78 is 2.92. The lowest BCUT2D eigenvalue weighted by Crippen LogP contribution is -2.19. The van der Waals surface area contributed by atoms with Crippen LogP contribution in [-0.2, 0) is 18.4 Å². The Hall–Kier alpha value is -2.64. The summed E-state index contributed by atoms with van der Waals surface area (Å²) in [6.07, 6.45) is 3.07. The van der Waals surface area contributed by atoms with E-state index in [1.165, 1.54) is 16.9 Å². The van der Waals surface area contributed by atoms with E-state index in [0.717, 1.165) is 0 Å². The second kappa shape index (κ2) is 5.34. The Kier molecular flexibility index (Phi) is 3.60. The van der Waals surface area contributed by atoms with Gasteiger partial charge in [-0.05, 0) is 6.07 Å². The van der Waals surface area contributed by atoms with Gasteiger partial charge < -0.3 is 10.4 Å². The summed E-state index contributed by atoms with van der Waals surface area (Å²) in [5.41, 5.74) is 0.298. The molecular weight excluding hydrogens is 250 g/mol. The van der Waals surface area contributed by atoms with Crippen molar-refractivity contribution < 1.29 is 14.7 Å². The van der Waals surface area contributed by atoms with Gasteiger partial charge in [-0.15, -0.1) is 0 Å². The molecular formula is C11H13N5O3. The van der Waals surface area contributed by atoms with Crippen LogP contribution >= 0.6 is 0 Å². The molecule has 2 heterocycles. The van der Waals surface area contributed by atoms with Crippen molar-refractivity contribution in [1.29, 1.82) is 0 Å². The summed E-state index contributed by atoms with van der Waals surface area (Å²) in [5.74, 6) is -0.883. The van der Waals surface area contributed by atoms with Crippen molar-refractivity contribution in [2.75, 3.05) is 5.32 Å². The van der Waals surface area contributed by atoms with E-state index < -0.39 is 5.97 Å². The largest absolute Gasteiger partial charge is 0.481 e. The summed E-state index contributed by atoms with van der Waals surface area (Å²) in [7, 11) is 1.74. The third kappa shape index (κ3) is 3.18. The van der Waals surface area contributed by atoms with Gasteiger partial charge in [0.1, 0.15) is 5.69 Å². The predicted molar refractivity (Wildman–Crippen MR) is 65.6 cm³/mol. The van der Waals surface area contributed by atoms with Crippen molar-refractivity contribution in [1.82, 2.24) is 19.6 Å². The fraction of sp³-hybridized carbons (Fsp3) is 0.273. The lowest BCUT2D eigenvalue weighted by atomic mass is 10.3. The van der Waals surface area contributed by atoms with E-state index in [1.807, 2.05) is 0 Å². The van der Waals surface area contributed by atoms with Crippen molar-refractivity contribution in [3.63, 3.8) is 0 Å². The highest BCUT2D eigenvalue weighted by Crippen LogP contribution is 2.06. The Labute approximate surface area is 108 Å². The minimum atomic E-state index is -0.938. The zero-order chi connectivity index (χ0) is 13.8. The Balaban J connectivity index is 2.06. The van der Waals surface area contributed by atoms with E-state index in [4.69, 9.17) is 5.11 Å². The molecule has 19 heavy (non-hydrogen) atoms. The topological polar surface area (TPSA) is 102 Å². The van der Waals surface area contributed by atoms with Gasteiger partial charge in [-0.2, -0.15) is 10.2 Å². The molecule has 0 aliphatic rings. The van der Waals surface area contributed by atoms with Gasteiger partial charge in [0.2, 0.25) is 0 Å². The number of carbonyl (C=O) groups is 2. The van der Waals surface area contributed by atoms with Gasteiger partial charge in [0.25, 0.3) is 5.91 Å². The van der Waals surface area contributed by atoms with Crippen LogP contribution in [0.15, 0.2) is 24.5 Å². The minimum Gasteiger partial charge on any atom is -0.481 e. The molecule has 0 saturated carbocycles. The molecule has 0 aliphatic carbocycles. The first-order chi connectivity index (χ1) is 9.06. The van der Waals surface area contributed by atoms with Crippen molar-refractivity contribution in [2.24, 2.45) is 7.05 Å². The molecule has 100 valence electrons. The third-order valence-corrected chi connectivity index (χ3v) is 2.44. The SMILES string of the molecule is Cn1ccc(NC(=O)c2ccnn2CCC(=O)O)n1. The molecule has 0 spiro atoms. The number of nitrogens with one attached hydrogen (secondary N) is 1. The first-order valence-electron chi connectivity index (χ1n) is 5.61. The Bertz CT molecular complexity index is 601. The van der Waals surface area contributed by atoms with Crippen LogP contribution in [0.4, 0.5) is 5.82 Å². The van der Waals surface area contributed by atoms with Gasteiger partial charge in [-0.3, -0.25) is 19.0 Å². The van der Waals surface area contributed by atoms with Crippen molar-refractivity contribution in [2.45, 2.75) is 13.0 Å². The number of aliphatic carboxylic acids is 1. The van der Waals surface area contributed by atoms with Crippen LogP contribution in [-0.4, -0.2) is 36.5 Å². The Morgan fingerprint density at radius 1 is 1.42 bits per heavy atom. The Morgan fingerprint density at radius 3 is 2.84 bits per heavy atom. The smallest absolute Gasteiger partial charge is 0.305 e. The van der Waals surface area contributed by atoms with Gasteiger partial charge in [-0.1, -0.05) is 0 Å². The number of amides is 1. The molecule has 2 rings (SSSR count). The summed E-state index contributed by atoms with van der Waals surface area (Å²) >= 11 is 0. The van der Waals surface area contributed by atoms with Crippen LogP contribution in [0.25, 0.3) is 0 Å². The summed E-state index contributed by atoms with van der Waals surface area (Å²) in [6, 6.07) is 3.19. The van der Waals surface area contributed by atoms with Gasteiger partial charge in [0, 0.05) is 25.5 Å². The normalized spacial score (nSPS) is 10.4. The molecule has 0 fully saturated rings. The molecule has 2 N–H and O–H groups in total. The maximum Gasteiger partial charge on any atom is 0.305 e. The predicted octanol–water partition coefficient (Wildman–Crippen LogP) is 0.344. The monoisotopic (exact) mass is 263 g/mol. The number of hydrogen-bond acceptors (Lipinski definition) is 4. The van der Waals surface area contributed by atoms with Crippen molar-refractivity contribution in [3.05, 3.63) is 30.2 Å². The summed E-state index contributed by atoms with van der Waals surface area (Å²) in [6.45, 7) is 0.146. The maximum atomic E-state index is 12.0. The second-order valence-electron chi connectivity index (χ2n) is 3.91. The van der Waals surface area contributed by atoms with E-state index in [1.54, 1.807) is 24.0 Å². The number of carboxylic acids is 1. The van der Waals surface area contributed by atoms with Crippen LogP contribution < -0.4 is 5.32 Å². The van der Waals surface area contributed by atoms with Gasteiger partial charge in [0.15, 0.2) is 5.82 Å². The Morgan fingerprint density at radius 2 is 2.21 bits per heavy atom. The molecule has 0 aliphatic heterocycles. The number of carbonyl (C=O) groups excluding carboxylic acids is 1. The van der Waals surface area contributed by atoms with Gasteiger partial charge in [0.05, 0.1) is 13.0 Å². The average Bonchev–Trinajstić information content (AvgIpc) is 2.95. The molecule has 0 unspecified atom stereocenters. The van der Waals surface area contributed by atoms with E-state index in [2.05, 4.69) is 15.5 Å². The van der Waals surface area contributed by atoms with E-state index in [0.29, 0.717) is 11.5 Å². The first-order valence-corrected chi connectivity index (χ1v) is 5.61. The zero-order valence-electron chi connectivity index (χ0n) is 10.3. The fourth-order valence-corrected chi connectivity index (χ4v) is 1.57. The van der Waals surface area contributed by atoms with Crippen LogP contribution in [0, 0.1) is 0 Å². The quantitative estimate of drug-likeness (QED) is 0.810. The number of rotatable bonds is 5. The number of anilines is 1. The lowest BCUT2D eigenvalue weighted by Gasteiger charge is -2.05. The molecule has 1 amide bonds. The van der Waals surface area contributed by atoms with Gasteiger partial charge >= 0.3 is 5.97 Å². The van der Waals surface area contributed by atoms with E-state index in [9.17, 15) is 9.59 Å². The van der Waals surface area contributed by atoms with Crippen LogP contribution in [0.3, 0.4) is 0 Å². The number of nitrogens with zero attached hydrogens (tertiary/aromatic N) is 4. The standard InChI is InChI=1S/C11H13N5O3/c1-15-6-3-9(14-15)13-11(19)8-2-5-12-16(8)7-4-10(17)18/h2-3,5-6H,4,7H2,1H3,(H,17,18)(H,13,14,19). The zero-order valence-corrected chi connectivity index (χ0v) is 10.3. The molecule has 0 radical (unpaired) electrons. The number of aromatic nitrogens is 4. The molecule has 2 aromatic rings. The molecule has 8 nitrogen and oxygen atoms in total. The summed E-state index contributed by atoms with van der Waals surface area (Å²) in [4.78, 5) is 22.5. The van der Waals surface area contributed by atoms with E-state index in [-0.39, 0.29) is 18.9 Å². The number of aryl methyl sites for hydroxylation is 2. The van der Waals surface area contributed by atoms with Crippen molar-refractivity contribution in [3.8, 4) is 0 Å². The number of carboxylic acid groups (broad SMARTS) is 1. The summed E-state index contributed by atoms with van der Waals surface area (Å²) in [5, 5.41) is 19.2.